The Morgan fingerprint density at radius 2 is 2.05 bits per heavy atom. The first-order valence-corrected chi connectivity index (χ1v) is 7.20. The number of aromatic nitrogens is 1. The van der Waals surface area contributed by atoms with Gasteiger partial charge in [0.05, 0.1) is 5.56 Å². The Labute approximate surface area is 129 Å². The van der Waals surface area contributed by atoms with E-state index in [4.69, 9.17) is 5.11 Å². The van der Waals surface area contributed by atoms with Gasteiger partial charge in [0.25, 0.3) is 5.91 Å². The number of rotatable bonds is 6. The van der Waals surface area contributed by atoms with Crippen LogP contribution in [0.4, 0.5) is 5.69 Å². The minimum absolute atomic E-state index is 0.126. The molecule has 1 aromatic carbocycles. The fourth-order valence-electron chi connectivity index (χ4n) is 2.01. The van der Waals surface area contributed by atoms with E-state index in [9.17, 15) is 9.59 Å². The van der Waals surface area contributed by atoms with Gasteiger partial charge in [-0.2, -0.15) is 0 Å². The van der Waals surface area contributed by atoms with E-state index >= 15 is 0 Å². The number of carboxylic acid groups (broad SMARTS) is 1. The predicted octanol–water partition coefficient (Wildman–Crippen LogP) is 3.37. The number of carbonyl (C=O) groups excluding carboxylic acids is 1. The molecule has 0 bridgehead atoms. The van der Waals surface area contributed by atoms with Gasteiger partial charge in [0, 0.05) is 11.9 Å². The molecule has 1 aromatic heterocycles. The minimum atomic E-state index is -1.03. The largest absolute Gasteiger partial charge is 0.478 e. The van der Waals surface area contributed by atoms with Gasteiger partial charge in [-0.25, -0.2) is 4.79 Å². The highest BCUT2D eigenvalue weighted by Gasteiger charge is 2.09. The van der Waals surface area contributed by atoms with E-state index in [0.29, 0.717) is 11.4 Å². The van der Waals surface area contributed by atoms with E-state index in [0.717, 1.165) is 24.8 Å². The van der Waals surface area contributed by atoms with Gasteiger partial charge >= 0.3 is 5.97 Å². The van der Waals surface area contributed by atoms with Crippen molar-refractivity contribution in [2.75, 3.05) is 5.32 Å². The summed E-state index contributed by atoms with van der Waals surface area (Å²) in [5.74, 6) is -1.39. The number of anilines is 1. The summed E-state index contributed by atoms with van der Waals surface area (Å²) in [5, 5.41) is 11.6. The molecule has 0 radical (unpaired) electrons. The maximum atomic E-state index is 12.1. The summed E-state index contributed by atoms with van der Waals surface area (Å²) < 4.78 is 0. The topological polar surface area (TPSA) is 79.3 Å². The molecule has 2 N–H and O–H groups in total. The monoisotopic (exact) mass is 298 g/mol. The number of nitrogens with zero attached hydrogens (tertiary/aromatic N) is 1. The highest BCUT2D eigenvalue weighted by Crippen LogP contribution is 2.12. The lowest BCUT2D eigenvalue weighted by Crippen LogP contribution is -2.14. The molecule has 0 aliphatic rings. The molecular weight excluding hydrogens is 280 g/mol. The number of aryl methyl sites for hydroxylation is 1. The molecule has 0 saturated heterocycles. The zero-order valence-corrected chi connectivity index (χ0v) is 12.4. The Morgan fingerprint density at radius 1 is 1.23 bits per heavy atom. The number of pyridine rings is 1. The van der Waals surface area contributed by atoms with Crippen LogP contribution in [0.3, 0.4) is 0 Å². The third kappa shape index (κ3) is 4.15. The average molecular weight is 298 g/mol. The second-order valence-corrected chi connectivity index (χ2v) is 5.00. The van der Waals surface area contributed by atoms with Gasteiger partial charge in [0.15, 0.2) is 0 Å². The molecule has 0 fully saturated rings. The number of unbranched alkanes of at least 4 members (excludes halogenated alkanes) is 1. The number of amides is 1. The van der Waals surface area contributed by atoms with Crippen molar-refractivity contribution in [3.8, 4) is 0 Å². The molecule has 0 aliphatic heterocycles. The lowest BCUT2D eigenvalue weighted by atomic mass is 10.1. The summed E-state index contributed by atoms with van der Waals surface area (Å²) in [6.45, 7) is 2.13. The Balaban J connectivity index is 2.05. The molecule has 5 heteroatoms. The fourth-order valence-corrected chi connectivity index (χ4v) is 2.01. The summed E-state index contributed by atoms with van der Waals surface area (Å²) in [7, 11) is 0. The second kappa shape index (κ2) is 7.36. The van der Waals surface area contributed by atoms with Gasteiger partial charge in [-0.05, 0) is 42.7 Å². The van der Waals surface area contributed by atoms with Crippen LogP contribution in [0.1, 0.15) is 46.2 Å². The van der Waals surface area contributed by atoms with Crippen molar-refractivity contribution in [3.63, 3.8) is 0 Å². The van der Waals surface area contributed by atoms with E-state index < -0.39 is 5.97 Å². The van der Waals surface area contributed by atoms with Gasteiger partial charge in [-0.1, -0.05) is 25.5 Å². The van der Waals surface area contributed by atoms with Crippen LogP contribution in [0.2, 0.25) is 0 Å². The zero-order valence-electron chi connectivity index (χ0n) is 12.4. The summed E-state index contributed by atoms with van der Waals surface area (Å²) >= 11 is 0. The van der Waals surface area contributed by atoms with Crippen LogP contribution in [0.15, 0.2) is 42.6 Å². The predicted molar refractivity (Wildman–Crippen MR) is 84.2 cm³/mol. The average Bonchev–Trinajstić information content (AvgIpc) is 2.53. The lowest BCUT2D eigenvalue weighted by Gasteiger charge is -2.06. The summed E-state index contributed by atoms with van der Waals surface area (Å²) in [5.41, 5.74) is 1.97. The van der Waals surface area contributed by atoms with Crippen molar-refractivity contribution < 1.29 is 14.7 Å². The van der Waals surface area contributed by atoms with E-state index in [2.05, 4.69) is 17.2 Å². The molecule has 0 aliphatic carbocycles. The molecule has 22 heavy (non-hydrogen) atoms. The van der Waals surface area contributed by atoms with Crippen LogP contribution >= 0.6 is 0 Å². The highest BCUT2D eigenvalue weighted by atomic mass is 16.4. The van der Waals surface area contributed by atoms with Crippen LogP contribution in [-0.2, 0) is 6.42 Å². The number of hydrogen-bond donors (Lipinski definition) is 2. The van der Waals surface area contributed by atoms with E-state index in [1.807, 2.05) is 6.07 Å². The molecule has 2 aromatic rings. The first kappa shape index (κ1) is 15.7. The van der Waals surface area contributed by atoms with Gasteiger partial charge in [0.2, 0.25) is 0 Å². The Bertz CT molecular complexity index is 666. The van der Waals surface area contributed by atoms with Crippen molar-refractivity contribution in [2.24, 2.45) is 0 Å². The third-order valence-corrected chi connectivity index (χ3v) is 3.24. The number of nitrogens with one attached hydrogen (secondary N) is 1. The second-order valence-electron chi connectivity index (χ2n) is 5.00. The van der Waals surface area contributed by atoms with Crippen LogP contribution in [0.25, 0.3) is 0 Å². The van der Waals surface area contributed by atoms with Gasteiger partial charge in [-0.15, -0.1) is 0 Å². The first-order valence-electron chi connectivity index (χ1n) is 7.20. The Hall–Kier alpha value is -2.69. The smallest absolute Gasteiger partial charge is 0.335 e. The Kier molecular flexibility index (Phi) is 5.25. The minimum Gasteiger partial charge on any atom is -0.478 e. The normalized spacial score (nSPS) is 10.2. The van der Waals surface area contributed by atoms with E-state index in [1.165, 1.54) is 12.1 Å². The number of benzene rings is 1. The van der Waals surface area contributed by atoms with E-state index in [-0.39, 0.29) is 11.5 Å². The fraction of sp³-hybridized carbons (Fsp3) is 0.235. The van der Waals surface area contributed by atoms with Crippen LogP contribution in [0.5, 0.6) is 0 Å². The number of hydrogen-bond acceptors (Lipinski definition) is 3. The number of aromatic carboxylic acids is 1. The summed E-state index contributed by atoms with van der Waals surface area (Å²) in [4.78, 5) is 27.2. The molecule has 0 spiro atoms. The first-order chi connectivity index (χ1) is 10.6. The quantitative estimate of drug-likeness (QED) is 0.857. The van der Waals surface area contributed by atoms with Gasteiger partial charge < -0.3 is 10.4 Å². The van der Waals surface area contributed by atoms with Crippen LogP contribution in [0, 0.1) is 0 Å². The van der Waals surface area contributed by atoms with Gasteiger partial charge in [-0.3, -0.25) is 9.78 Å². The SMILES string of the molecule is CCCCc1ccc(C(=O)Nc2cccc(C(=O)O)c2)nc1. The highest BCUT2D eigenvalue weighted by molar-refractivity contribution is 6.03. The van der Waals surface area contributed by atoms with Crippen molar-refractivity contribution in [1.82, 2.24) is 4.98 Å². The van der Waals surface area contributed by atoms with Crippen molar-refractivity contribution in [2.45, 2.75) is 26.2 Å². The molecule has 1 amide bonds. The number of carbonyl (C=O) groups is 2. The van der Waals surface area contributed by atoms with Crippen molar-refractivity contribution in [3.05, 3.63) is 59.4 Å². The molecule has 114 valence electrons. The van der Waals surface area contributed by atoms with Crippen LogP contribution < -0.4 is 5.32 Å². The molecule has 1 heterocycles. The number of carboxylic acids is 1. The van der Waals surface area contributed by atoms with E-state index in [1.54, 1.807) is 24.4 Å². The van der Waals surface area contributed by atoms with Gasteiger partial charge in [0.1, 0.15) is 5.69 Å². The maximum Gasteiger partial charge on any atom is 0.335 e. The molecular formula is C17H18N2O3. The molecule has 5 nitrogen and oxygen atoms in total. The molecule has 0 atom stereocenters. The van der Waals surface area contributed by atoms with Crippen molar-refractivity contribution >= 4 is 17.6 Å². The molecule has 0 saturated carbocycles. The lowest BCUT2D eigenvalue weighted by molar-refractivity contribution is 0.0696. The zero-order chi connectivity index (χ0) is 15.9. The standard InChI is InChI=1S/C17H18N2O3/c1-2-3-5-12-8-9-15(18-11-12)16(20)19-14-7-4-6-13(10-14)17(21)22/h4,6-11H,2-3,5H2,1H3,(H,19,20)(H,21,22). The summed E-state index contributed by atoms with van der Waals surface area (Å²) in [6.07, 6.45) is 4.86. The maximum absolute atomic E-state index is 12.1. The van der Waals surface area contributed by atoms with Crippen molar-refractivity contribution in [1.29, 1.82) is 0 Å². The third-order valence-electron chi connectivity index (χ3n) is 3.24. The Morgan fingerprint density at radius 3 is 2.68 bits per heavy atom. The van der Waals surface area contributed by atoms with Crippen LogP contribution in [-0.4, -0.2) is 22.0 Å². The summed E-state index contributed by atoms with van der Waals surface area (Å²) in [6, 6.07) is 9.68. The molecule has 2 rings (SSSR count). The molecule has 0 unspecified atom stereocenters.